The van der Waals surface area contributed by atoms with Gasteiger partial charge in [-0.25, -0.2) is 9.89 Å². The van der Waals surface area contributed by atoms with Gasteiger partial charge in [-0.3, -0.25) is 0 Å². The van der Waals surface area contributed by atoms with E-state index in [1.54, 1.807) is 12.1 Å². The molecule has 0 amide bonds. The molecule has 10 nitrogen and oxygen atoms in total. The van der Waals surface area contributed by atoms with Crippen LogP contribution in [-0.4, -0.2) is 49.2 Å². The SMILES string of the molecule is CCOC1Nc2cccc(C(=O)O)c2N1Cc1ccc(-n2c(-c3nnn[nH]3)cc(C)c2C)cc1. The quantitative estimate of drug-likeness (QED) is 0.382. The lowest BCUT2D eigenvalue weighted by atomic mass is 10.1. The average molecular weight is 460 g/mol. The number of ether oxygens (including phenoxy) is 1. The molecule has 34 heavy (non-hydrogen) atoms. The topological polar surface area (TPSA) is 121 Å². The van der Waals surface area contributed by atoms with Crippen LogP contribution in [0, 0.1) is 13.8 Å². The molecule has 4 aromatic rings. The minimum absolute atomic E-state index is 0.243. The maximum atomic E-state index is 11.9. The summed E-state index contributed by atoms with van der Waals surface area (Å²) in [5.74, 6) is -0.371. The monoisotopic (exact) mass is 459 g/mol. The molecular formula is C24H25N7O3. The van der Waals surface area contributed by atoms with Crippen molar-refractivity contribution in [1.82, 2.24) is 25.2 Å². The van der Waals surface area contributed by atoms with Crippen LogP contribution in [0.1, 0.15) is 34.1 Å². The van der Waals surface area contributed by atoms with E-state index in [-0.39, 0.29) is 5.56 Å². The van der Waals surface area contributed by atoms with Crippen LogP contribution >= 0.6 is 0 Å². The fraction of sp³-hybridized carbons (Fsp3) is 0.250. The number of benzene rings is 2. The third-order valence-electron chi connectivity index (χ3n) is 6.08. The smallest absolute Gasteiger partial charge is 0.337 e. The number of aromatic amines is 1. The summed E-state index contributed by atoms with van der Waals surface area (Å²) in [5, 5.41) is 27.3. The number of fused-ring (bicyclic) bond motifs is 1. The first-order valence-electron chi connectivity index (χ1n) is 11.0. The van der Waals surface area contributed by atoms with Crippen LogP contribution < -0.4 is 10.2 Å². The Balaban J connectivity index is 1.48. The molecule has 2 aromatic heterocycles. The van der Waals surface area contributed by atoms with Gasteiger partial charge in [-0.1, -0.05) is 18.2 Å². The number of aryl methyl sites for hydroxylation is 1. The normalized spacial score (nSPS) is 14.8. The minimum atomic E-state index is -0.968. The summed E-state index contributed by atoms with van der Waals surface area (Å²) in [6.07, 6.45) is -0.444. The van der Waals surface area contributed by atoms with Crippen LogP contribution in [-0.2, 0) is 11.3 Å². The third-order valence-corrected chi connectivity index (χ3v) is 6.08. The Morgan fingerprint density at radius 2 is 1.97 bits per heavy atom. The highest BCUT2D eigenvalue weighted by atomic mass is 16.5. The Bertz CT molecular complexity index is 1330. The second kappa shape index (κ2) is 8.64. The van der Waals surface area contributed by atoms with Crippen LogP contribution in [0.25, 0.3) is 17.2 Å². The Hall–Kier alpha value is -4.18. The highest BCUT2D eigenvalue weighted by Gasteiger charge is 2.33. The number of nitrogens with zero attached hydrogens (tertiary/aromatic N) is 5. The standard InChI is InChI=1S/C24H25N7O3/c1-4-34-24-25-19-7-5-6-18(23(32)33)21(19)30(24)13-16-8-10-17(11-9-16)31-15(3)14(2)12-20(31)22-26-28-29-27-22/h5-12,24-25H,4,13H2,1-3H3,(H,32,33)(H,26,27,28,29). The first kappa shape index (κ1) is 21.7. The molecule has 1 aliphatic rings. The zero-order valence-corrected chi connectivity index (χ0v) is 19.1. The number of hydrogen-bond acceptors (Lipinski definition) is 7. The molecule has 0 aliphatic carbocycles. The van der Waals surface area contributed by atoms with Crippen LogP contribution in [0.2, 0.25) is 0 Å². The van der Waals surface area contributed by atoms with Crippen molar-refractivity contribution in [3.05, 3.63) is 70.9 Å². The van der Waals surface area contributed by atoms with Gasteiger partial charge in [0.15, 0.2) is 5.82 Å². The van der Waals surface area contributed by atoms with Crippen LogP contribution in [0.3, 0.4) is 0 Å². The van der Waals surface area contributed by atoms with Crippen molar-refractivity contribution >= 4 is 17.3 Å². The number of aromatic nitrogens is 5. The molecule has 0 radical (unpaired) electrons. The fourth-order valence-corrected chi connectivity index (χ4v) is 4.37. The van der Waals surface area contributed by atoms with Gasteiger partial charge >= 0.3 is 5.97 Å². The largest absolute Gasteiger partial charge is 0.478 e. The van der Waals surface area contributed by atoms with Gasteiger partial charge in [0.25, 0.3) is 0 Å². The summed E-state index contributed by atoms with van der Waals surface area (Å²) in [4.78, 5) is 13.8. The summed E-state index contributed by atoms with van der Waals surface area (Å²) >= 11 is 0. The third kappa shape index (κ3) is 3.67. The van der Waals surface area contributed by atoms with E-state index in [1.165, 1.54) is 0 Å². The van der Waals surface area contributed by atoms with Gasteiger partial charge in [0.05, 0.1) is 22.6 Å². The Labute approximate surface area is 196 Å². The number of carboxylic acids is 1. The van der Waals surface area contributed by atoms with Crippen molar-refractivity contribution in [2.45, 2.75) is 33.7 Å². The average Bonchev–Trinajstić information content (AvgIpc) is 3.54. The number of hydrogen-bond donors (Lipinski definition) is 3. The van der Waals surface area contributed by atoms with Gasteiger partial charge in [0, 0.05) is 24.5 Å². The Morgan fingerprint density at radius 3 is 2.65 bits per heavy atom. The molecule has 5 rings (SSSR count). The number of carboxylic acid groups (broad SMARTS) is 1. The van der Waals surface area contributed by atoms with Gasteiger partial charge in [0.2, 0.25) is 6.35 Å². The maximum Gasteiger partial charge on any atom is 0.337 e. The van der Waals surface area contributed by atoms with Crippen molar-refractivity contribution in [1.29, 1.82) is 0 Å². The molecule has 0 saturated carbocycles. The lowest BCUT2D eigenvalue weighted by Crippen LogP contribution is -2.38. The maximum absolute atomic E-state index is 11.9. The second-order valence-corrected chi connectivity index (χ2v) is 8.14. The zero-order chi connectivity index (χ0) is 23.8. The summed E-state index contributed by atoms with van der Waals surface area (Å²) < 4.78 is 7.98. The molecule has 3 N–H and O–H groups in total. The van der Waals surface area contributed by atoms with Gasteiger partial charge in [0.1, 0.15) is 0 Å². The Morgan fingerprint density at radius 1 is 1.18 bits per heavy atom. The minimum Gasteiger partial charge on any atom is -0.478 e. The molecule has 0 spiro atoms. The highest BCUT2D eigenvalue weighted by molar-refractivity contribution is 5.99. The van der Waals surface area contributed by atoms with Gasteiger partial charge < -0.3 is 24.6 Å². The zero-order valence-electron chi connectivity index (χ0n) is 19.1. The fourth-order valence-electron chi connectivity index (χ4n) is 4.37. The van der Waals surface area contributed by atoms with E-state index in [1.807, 2.05) is 42.2 Å². The number of aromatic carboxylic acids is 1. The number of rotatable bonds is 7. The van der Waals surface area contributed by atoms with E-state index >= 15 is 0 Å². The second-order valence-electron chi connectivity index (χ2n) is 8.14. The summed E-state index contributed by atoms with van der Waals surface area (Å²) in [6, 6.07) is 15.4. The Kier molecular flexibility index (Phi) is 5.50. The molecule has 0 fully saturated rings. The van der Waals surface area contributed by atoms with E-state index < -0.39 is 12.3 Å². The molecule has 1 unspecified atom stereocenters. The predicted octanol–water partition coefficient (Wildman–Crippen LogP) is 3.72. The van der Waals surface area contributed by atoms with Crippen LogP contribution in [0.5, 0.6) is 0 Å². The molecule has 174 valence electrons. The summed E-state index contributed by atoms with van der Waals surface area (Å²) in [7, 11) is 0. The van der Waals surface area contributed by atoms with E-state index in [0.717, 1.165) is 33.9 Å². The van der Waals surface area contributed by atoms with E-state index in [0.29, 0.717) is 24.7 Å². The van der Waals surface area contributed by atoms with Crippen molar-refractivity contribution in [3.63, 3.8) is 0 Å². The van der Waals surface area contributed by atoms with E-state index in [4.69, 9.17) is 4.74 Å². The lowest BCUT2D eigenvalue weighted by Gasteiger charge is -2.27. The lowest BCUT2D eigenvalue weighted by molar-refractivity contribution is 0.0694. The van der Waals surface area contributed by atoms with Crippen molar-refractivity contribution in [3.8, 4) is 17.2 Å². The summed E-state index contributed by atoms with van der Waals surface area (Å²) in [6.45, 7) is 7.01. The van der Waals surface area contributed by atoms with Gasteiger partial charge in [-0.15, -0.1) is 5.10 Å². The molecule has 0 bridgehead atoms. The number of para-hydroxylation sites is 1. The highest BCUT2D eigenvalue weighted by Crippen LogP contribution is 2.39. The molecule has 2 aromatic carbocycles. The van der Waals surface area contributed by atoms with E-state index in [9.17, 15) is 9.90 Å². The van der Waals surface area contributed by atoms with Gasteiger partial charge in [-0.05, 0) is 72.7 Å². The number of anilines is 2. The van der Waals surface area contributed by atoms with Crippen LogP contribution in [0.4, 0.5) is 11.4 Å². The van der Waals surface area contributed by atoms with Crippen molar-refractivity contribution in [2.75, 3.05) is 16.8 Å². The molecule has 1 atom stereocenters. The first-order valence-corrected chi connectivity index (χ1v) is 11.0. The molecule has 3 heterocycles. The summed E-state index contributed by atoms with van der Waals surface area (Å²) in [5.41, 5.74) is 6.74. The molecule has 1 aliphatic heterocycles. The number of carbonyl (C=O) groups is 1. The van der Waals surface area contributed by atoms with Crippen molar-refractivity contribution in [2.24, 2.45) is 0 Å². The van der Waals surface area contributed by atoms with Crippen LogP contribution in [0.15, 0.2) is 48.5 Å². The van der Waals surface area contributed by atoms with Crippen molar-refractivity contribution < 1.29 is 14.6 Å². The molecule has 0 saturated heterocycles. The number of nitrogens with one attached hydrogen (secondary N) is 2. The molecular weight excluding hydrogens is 434 g/mol. The number of tetrazole rings is 1. The predicted molar refractivity (Wildman–Crippen MR) is 127 cm³/mol. The molecule has 10 heteroatoms. The van der Waals surface area contributed by atoms with Gasteiger partial charge in [-0.2, -0.15) is 0 Å². The first-order chi connectivity index (χ1) is 16.5. The van der Waals surface area contributed by atoms with E-state index in [2.05, 4.69) is 50.4 Å². The number of H-pyrrole nitrogens is 1.